The third-order valence-electron chi connectivity index (χ3n) is 3.76. The van der Waals surface area contributed by atoms with Crippen LogP contribution in [0.2, 0.25) is 0 Å². The SMILES string of the molecule is Cc1ncnc(N2CCN(c3cccnc3C#N)CC2)c1F. The van der Waals surface area contributed by atoms with Crippen LogP contribution in [0.3, 0.4) is 0 Å². The van der Waals surface area contributed by atoms with Crippen LogP contribution >= 0.6 is 0 Å². The van der Waals surface area contributed by atoms with Crippen LogP contribution in [-0.4, -0.2) is 41.1 Å². The fourth-order valence-electron chi connectivity index (χ4n) is 2.56. The number of nitriles is 1. The Balaban J connectivity index is 1.76. The first-order valence-corrected chi connectivity index (χ1v) is 7.03. The summed E-state index contributed by atoms with van der Waals surface area (Å²) in [6.07, 6.45) is 2.99. The van der Waals surface area contributed by atoms with Crippen molar-refractivity contribution in [1.29, 1.82) is 5.26 Å². The van der Waals surface area contributed by atoms with E-state index in [1.54, 1.807) is 13.1 Å². The maximum atomic E-state index is 14.1. The first-order valence-electron chi connectivity index (χ1n) is 7.03. The molecule has 0 atom stereocenters. The first-order chi connectivity index (χ1) is 10.7. The Bertz CT molecular complexity index is 718. The highest BCUT2D eigenvalue weighted by molar-refractivity contribution is 5.57. The van der Waals surface area contributed by atoms with E-state index in [0.717, 1.165) is 5.69 Å². The molecule has 0 saturated carbocycles. The number of hydrogen-bond donors (Lipinski definition) is 0. The minimum absolute atomic E-state index is 0.346. The van der Waals surface area contributed by atoms with Crippen LogP contribution in [-0.2, 0) is 0 Å². The molecule has 0 aromatic carbocycles. The highest BCUT2D eigenvalue weighted by atomic mass is 19.1. The lowest BCUT2D eigenvalue weighted by Crippen LogP contribution is -2.47. The second-order valence-corrected chi connectivity index (χ2v) is 5.05. The van der Waals surface area contributed by atoms with Gasteiger partial charge in [-0.3, -0.25) is 0 Å². The zero-order valence-corrected chi connectivity index (χ0v) is 12.2. The number of anilines is 2. The summed E-state index contributed by atoms with van der Waals surface area (Å²) in [5.74, 6) is -0.0196. The van der Waals surface area contributed by atoms with Crippen molar-refractivity contribution in [2.75, 3.05) is 36.0 Å². The number of halogens is 1. The number of rotatable bonds is 2. The van der Waals surface area contributed by atoms with Crippen LogP contribution in [0.5, 0.6) is 0 Å². The van der Waals surface area contributed by atoms with Crippen LogP contribution in [0.25, 0.3) is 0 Å². The van der Waals surface area contributed by atoms with Crippen molar-refractivity contribution in [1.82, 2.24) is 15.0 Å². The smallest absolute Gasteiger partial charge is 0.186 e. The number of nitrogens with zero attached hydrogens (tertiary/aromatic N) is 6. The Kier molecular flexibility index (Phi) is 3.83. The van der Waals surface area contributed by atoms with Gasteiger partial charge in [0.2, 0.25) is 0 Å². The van der Waals surface area contributed by atoms with Gasteiger partial charge in [0.25, 0.3) is 0 Å². The van der Waals surface area contributed by atoms with Crippen LogP contribution in [0, 0.1) is 24.1 Å². The monoisotopic (exact) mass is 298 g/mol. The number of piperazine rings is 1. The van der Waals surface area contributed by atoms with E-state index in [9.17, 15) is 4.39 Å². The van der Waals surface area contributed by atoms with Gasteiger partial charge in [0.15, 0.2) is 17.3 Å². The molecule has 6 nitrogen and oxygen atoms in total. The average molecular weight is 298 g/mol. The van der Waals surface area contributed by atoms with E-state index in [2.05, 4.69) is 25.9 Å². The highest BCUT2D eigenvalue weighted by Gasteiger charge is 2.23. The van der Waals surface area contributed by atoms with Crippen LogP contribution < -0.4 is 9.80 Å². The standard InChI is InChI=1S/C15H15FN6/c1-11-14(16)15(20-10-19-11)22-7-5-21(6-8-22)13-3-2-4-18-12(13)9-17/h2-4,10H,5-8H2,1H3. The summed E-state index contributed by atoms with van der Waals surface area (Å²) in [4.78, 5) is 16.0. The minimum atomic E-state index is -0.366. The van der Waals surface area contributed by atoms with Crippen molar-refractivity contribution in [2.45, 2.75) is 6.92 Å². The second kappa shape index (κ2) is 5.93. The average Bonchev–Trinajstić information content (AvgIpc) is 2.57. The summed E-state index contributed by atoms with van der Waals surface area (Å²) in [5.41, 5.74) is 1.59. The number of aromatic nitrogens is 3. The molecule has 2 aromatic rings. The van der Waals surface area contributed by atoms with Crippen molar-refractivity contribution in [2.24, 2.45) is 0 Å². The van der Waals surface area contributed by atoms with E-state index < -0.39 is 0 Å². The lowest BCUT2D eigenvalue weighted by atomic mass is 10.2. The van der Waals surface area contributed by atoms with Crippen molar-refractivity contribution < 1.29 is 4.39 Å². The number of pyridine rings is 1. The van der Waals surface area contributed by atoms with Crippen molar-refractivity contribution in [3.05, 3.63) is 41.9 Å². The first kappa shape index (κ1) is 14.2. The summed E-state index contributed by atoms with van der Waals surface area (Å²) in [6, 6.07) is 5.81. The second-order valence-electron chi connectivity index (χ2n) is 5.05. The van der Waals surface area contributed by atoms with E-state index in [-0.39, 0.29) is 5.82 Å². The third-order valence-corrected chi connectivity index (χ3v) is 3.76. The van der Waals surface area contributed by atoms with Crippen molar-refractivity contribution in [3.8, 4) is 6.07 Å². The Morgan fingerprint density at radius 1 is 1.14 bits per heavy atom. The van der Waals surface area contributed by atoms with Gasteiger partial charge in [0.1, 0.15) is 12.4 Å². The lowest BCUT2D eigenvalue weighted by molar-refractivity contribution is 0.574. The van der Waals surface area contributed by atoms with Gasteiger partial charge in [-0.25, -0.2) is 19.3 Å². The Hall–Kier alpha value is -2.75. The zero-order chi connectivity index (χ0) is 15.5. The molecule has 7 heteroatoms. The Morgan fingerprint density at radius 2 is 1.86 bits per heavy atom. The molecule has 3 rings (SSSR count). The Labute approximate surface area is 127 Å². The minimum Gasteiger partial charge on any atom is -0.366 e. The molecule has 0 aliphatic carbocycles. The third kappa shape index (κ3) is 2.55. The van der Waals surface area contributed by atoms with Gasteiger partial charge >= 0.3 is 0 Å². The molecular formula is C15H15FN6. The fourth-order valence-corrected chi connectivity index (χ4v) is 2.56. The molecule has 0 N–H and O–H groups in total. The number of aryl methyl sites for hydroxylation is 1. The molecule has 1 aliphatic rings. The highest BCUT2D eigenvalue weighted by Crippen LogP contribution is 2.23. The van der Waals surface area contributed by atoms with E-state index in [1.165, 1.54) is 6.33 Å². The van der Waals surface area contributed by atoms with Gasteiger partial charge in [-0.15, -0.1) is 0 Å². The molecule has 2 aromatic heterocycles. The van der Waals surface area contributed by atoms with E-state index >= 15 is 0 Å². The molecular weight excluding hydrogens is 283 g/mol. The van der Waals surface area contributed by atoms with Crippen LogP contribution in [0.1, 0.15) is 11.4 Å². The van der Waals surface area contributed by atoms with Gasteiger partial charge in [-0.2, -0.15) is 5.26 Å². The quantitative estimate of drug-likeness (QED) is 0.837. The molecule has 3 heterocycles. The molecule has 22 heavy (non-hydrogen) atoms. The van der Waals surface area contributed by atoms with Gasteiger partial charge in [-0.05, 0) is 19.1 Å². The predicted molar refractivity (Wildman–Crippen MR) is 80.1 cm³/mol. The zero-order valence-electron chi connectivity index (χ0n) is 12.2. The summed E-state index contributed by atoms with van der Waals surface area (Å²) in [5, 5.41) is 9.13. The summed E-state index contributed by atoms with van der Waals surface area (Å²) in [7, 11) is 0. The Morgan fingerprint density at radius 3 is 2.59 bits per heavy atom. The molecule has 0 bridgehead atoms. The molecule has 0 amide bonds. The van der Waals surface area contributed by atoms with Gasteiger partial charge in [0.05, 0.1) is 11.4 Å². The normalized spacial score (nSPS) is 14.8. The van der Waals surface area contributed by atoms with Crippen LogP contribution in [0.15, 0.2) is 24.7 Å². The summed E-state index contributed by atoms with van der Waals surface area (Å²) < 4.78 is 14.1. The molecule has 1 saturated heterocycles. The molecule has 0 radical (unpaired) electrons. The molecule has 112 valence electrons. The number of hydrogen-bond acceptors (Lipinski definition) is 6. The molecule has 1 fully saturated rings. The fraction of sp³-hybridized carbons (Fsp3) is 0.333. The van der Waals surface area contributed by atoms with Gasteiger partial charge < -0.3 is 9.80 Å². The summed E-state index contributed by atoms with van der Waals surface area (Å²) >= 11 is 0. The molecule has 1 aliphatic heterocycles. The van der Waals surface area contributed by atoms with E-state index in [0.29, 0.717) is 43.4 Å². The van der Waals surface area contributed by atoms with Crippen LogP contribution in [0.4, 0.5) is 15.9 Å². The van der Waals surface area contributed by atoms with E-state index in [4.69, 9.17) is 5.26 Å². The van der Waals surface area contributed by atoms with Gasteiger partial charge in [-0.1, -0.05) is 0 Å². The lowest BCUT2D eigenvalue weighted by Gasteiger charge is -2.36. The maximum Gasteiger partial charge on any atom is 0.186 e. The van der Waals surface area contributed by atoms with Crippen molar-refractivity contribution >= 4 is 11.5 Å². The van der Waals surface area contributed by atoms with E-state index in [1.807, 2.05) is 17.0 Å². The summed E-state index contributed by atoms with van der Waals surface area (Å²) in [6.45, 7) is 4.26. The largest absolute Gasteiger partial charge is 0.366 e. The maximum absolute atomic E-state index is 14.1. The van der Waals surface area contributed by atoms with Gasteiger partial charge in [0, 0.05) is 32.4 Å². The molecule has 0 spiro atoms. The topological polar surface area (TPSA) is 68.9 Å². The molecule has 0 unspecified atom stereocenters. The predicted octanol–water partition coefficient (Wildman–Crippen LogP) is 1.52. The van der Waals surface area contributed by atoms with Crippen molar-refractivity contribution in [3.63, 3.8) is 0 Å².